The van der Waals surface area contributed by atoms with E-state index < -0.39 is 0 Å². The Bertz CT molecular complexity index is 636. The van der Waals surface area contributed by atoms with Gasteiger partial charge < -0.3 is 9.80 Å². The van der Waals surface area contributed by atoms with E-state index >= 15 is 0 Å². The number of pyridine rings is 1. The largest absolute Gasteiger partial charge is 0.371 e. The third kappa shape index (κ3) is 4.34. The van der Waals surface area contributed by atoms with E-state index in [1.165, 1.54) is 0 Å². The zero-order chi connectivity index (χ0) is 17.4. The first kappa shape index (κ1) is 18.0. The number of para-hydroxylation sites is 1. The van der Waals surface area contributed by atoms with Crippen molar-refractivity contribution in [3.63, 3.8) is 0 Å². The summed E-state index contributed by atoms with van der Waals surface area (Å²) in [6, 6.07) is 13.6. The van der Waals surface area contributed by atoms with Gasteiger partial charge in [0.25, 0.3) is 5.91 Å². The number of anilines is 2. The van der Waals surface area contributed by atoms with Crippen molar-refractivity contribution in [2.45, 2.75) is 33.6 Å². The van der Waals surface area contributed by atoms with Crippen molar-refractivity contribution >= 4 is 17.3 Å². The predicted octanol–water partition coefficient (Wildman–Crippen LogP) is 4.37. The number of nitrogens with zero attached hydrogens (tertiary/aromatic N) is 3. The molecule has 0 unspecified atom stereocenters. The van der Waals surface area contributed by atoms with Crippen molar-refractivity contribution in [2.75, 3.05) is 29.4 Å². The van der Waals surface area contributed by atoms with E-state index in [0.29, 0.717) is 12.2 Å². The van der Waals surface area contributed by atoms with E-state index in [4.69, 9.17) is 0 Å². The minimum absolute atomic E-state index is 0.0569. The molecule has 1 heterocycles. The summed E-state index contributed by atoms with van der Waals surface area (Å²) in [5, 5.41) is 0. The molecule has 0 radical (unpaired) electrons. The molecule has 24 heavy (non-hydrogen) atoms. The Morgan fingerprint density at radius 3 is 2.21 bits per heavy atom. The maximum Gasteiger partial charge on any atom is 0.276 e. The molecule has 1 aromatic heterocycles. The number of carbonyl (C=O) groups excluding carboxylic acids is 1. The molecule has 0 atom stereocenters. The van der Waals surface area contributed by atoms with Crippen LogP contribution in [0.4, 0.5) is 11.4 Å². The summed E-state index contributed by atoms with van der Waals surface area (Å²) in [5.41, 5.74) is 2.47. The second kappa shape index (κ2) is 9.06. The molecule has 0 saturated heterocycles. The summed E-state index contributed by atoms with van der Waals surface area (Å²) in [5.74, 6) is -0.0569. The molecule has 0 spiro atoms. The molecule has 2 rings (SSSR count). The quantitative estimate of drug-likeness (QED) is 0.723. The van der Waals surface area contributed by atoms with E-state index in [1.54, 1.807) is 11.1 Å². The molecule has 128 valence electrons. The smallest absolute Gasteiger partial charge is 0.276 e. The summed E-state index contributed by atoms with van der Waals surface area (Å²) in [4.78, 5) is 21.3. The van der Waals surface area contributed by atoms with Crippen molar-refractivity contribution < 1.29 is 4.79 Å². The van der Waals surface area contributed by atoms with Gasteiger partial charge in [-0.05, 0) is 44.0 Å². The third-order valence-corrected chi connectivity index (χ3v) is 3.94. The van der Waals surface area contributed by atoms with Crippen molar-refractivity contribution in [3.05, 3.63) is 54.4 Å². The molecule has 4 heteroatoms. The monoisotopic (exact) mass is 325 g/mol. The highest BCUT2D eigenvalue weighted by atomic mass is 16.2. The second-order valence-corrected chi connectivity index (χ2v) is 5.77. The standard InChI is InChI=1S/C20H27N3O/c1-4-14-22(15-5-2)18-12-13-21-19(16-18)20(24)23(6-3)17-10-8-7-9-11-17/h7-13,16H,4-6,14-15H2,1-3H3. The Hall–Kier alpha value is -2.36. The minimum Gasteiger partial charge on any atom is -0.371 e. The number of amides is 1. The molecule has 2 aromatic rings. The zero-order valence-electron chi connectivity index (χ0n) is 14.9. The Balaban J connectivity index is 2.27. The van der Waals surface area contributed by atoms with Gasteiger partial charge in [0.15, 0.2) is 0 Å². The van der Waals surface area contributed by atoms with Gasteiger partial charge in [0.2, 0.25) is 0 Å². The Labute approximate surface area is 145 Å². The Morgan fingerprint density at radius 1 is 0.958 bits per heavy atom. The fraction of sp³-hybridized carbons (Fsp3) is 0.400. The second-order valence-electron chi connectivity index (χ2n) is 5.77. The first-order valence-electron chi connectivity index (χ1n) is 8.79. The average molecular weight is 325 g/mol. The lowest BCUT2D eigenvalue weighted by Gasteiger charge is -2.25. The van der Waals surface area contributed by atoms with Crippen LogP contribution in [0.3, 0.4) is 0 Å². The summed E-state index contributed by atoms with van der Waals surface area (Å²) < 4.78 is 0. The van der Waals surface area contributed by atoms with Crippen LogP contribution < -0.4 is 9.80 Å². The minimum atomic E-state index is -0.0569. The summed E-state index contributed by atoms with van der Waals surface area (Å²) >= 11 is 0. The maximum absolute atomic E-state index is 12.9. The molecule has 1 aromatic carbocycles. The topological polar surface area (TPSA) is 36.4 Å². The molecule has 0 bridgehead atoms. The maximum atomic E-state index is 12.9. The molecule has 1 amide bonds. The highest BCUT2D eigenvalue weighted by Gasteiger charge is 2.18. The van der Waals surface area contributed by atoms with Gasteiger partial charge in [-0.2, -0.15) is 0 Å². The van der Waals surface area contributed by atoms with E-state index in [0.717, 1.165) is 37.3 Å². The van der Waals surface area contributed by atoms with Crippen molar-refractivity contribution in [3.8, 4) is 0 Å². The Kier molecular flexibility index (Phi) is 6.79. The fourth-order valence-corrected chi connectivity index (χ4v) is 2.83. The van der Waals surface area contributed by atoms with Crippen molar-refractivity contribution in [1.29, 1.82) is 0 Å². The highest BCUT2D eigenvalue weighted by molar-refractivity contribution is 6.05. The average Bonchev–Trinajstić information content (AvgIpc) is 2.63. The van der Waals surface area contributed by atoms with Gasteiger partial charge in [-0.1, -0.05) is 32.0 Å². The van der Waals surface area contributed by atoms with Crippen LogP contribution in [0.15, 0.2) is 48.7 Å². The van der Waals surface area contributed by atoms with E-state index in [9.17, 15) is 4.79 Å². The summed E-state index contributed by atoms with van der Waals surface area (Å²) in [7, 11) is 0. The number of benzene rings is 1. The number of hydrogen-bond donors (Lipinski definition) is 0. The first-order chi connectivity index (χ1) is 11.7. The van der Waals surface area contributed by atoms with Crippen LogP contribution in [-0.2, 0) is 0 Å². The van der Waals surface area contributed by atoms with Crippen LogP contribution in [0.2, 0.25) is 0 Å². The van der Waals surface area contributed by atoms with Crippen LogP contribution in [0, 0.1) is 0 Å². The molecule has 0 saturated carbocycles. The van der Waals surface area contributed by atoms with Gasteiger partial charge in [-0.15, -0.1) is 0 Å². The van der Waals surface area contributed by atoms with E-state index in [1.807, 2.05) is 49.4 Å². The van der Waals surface area contributed by atoms with Gasteiger partial charge >= 0.3 is 0 Å². The molecular weight excluding hydrogens is 298 g/mol. The van der Waals surface area contributed by atoms with Gasteiger partial charge in [0.05, 0.1) is 0 Å². The highest BCUT2D eigenvalue weighted by Crippen LogP contribution is 2.19. The van der Waals surface area contributed by atoms with Crippen molar-refractivity contribution in [2.24, 2.45) is 0 Å². The van der Waals surface area contributed by atoms with Crippen LogP contribution in [0.1, 0.15) is 44.1 Å². The lowest BCUT2D eigenvalue weighted by Crippen LogP contribution is -2.32. The third-order valence-electron chi connectivity index (χ3n) is 3.94. The van der Waals surface area contributed by atoms with Crippen molar-refractivity contribution in [1.82, 2.24) is 4.98 Å². The molecule has 4 nitrogen and oxygen atoms in total. The number of carbonyl (C=O) groups is 1. The fourth-order valence-electron chi connectivity index (χ4n) is 2.83. The molecule has 0 fully saturated rings. The van der Waals surface area contributed by atoms with Gasteiger partial charge in [0.1, 0.15) is 5.69 Å². The van der Waals surface area contributed by atoms with Gasteiger partial charge in [0, 0.05) is 37.2 Å². The van der Waals surface area contributed by atoms with Crippen LogP contribution in [-0.4, -0.2) is 30.5 Å². The van der Waals surface area contributed by atoms with Crippen LogP contribution in [0.25, 0.3) is 0 Å². The summed E-state index contributed by atoms with van der Waals surface area (Å²) in [6.07, 6.45) is 3.90. The number of hydrogen-bond acceptors (Lipinski definition) is 3. The van der Waals surface area contributed by atoms with Gasteiger partial charge in [-0.3, -0.25) is 9.78 Å². The predicted molar refractivity (Wildman–Crippen MR) is 101 cm³/mol. The number of rotatable bonds is 8. The lowest BCUT2D eigenvalue weighted by molar-refractivity contribution is 0.0983. The van der Waals surface area contributed by atoms with E-state index in [2.05, 4.69) is 23.7 Å². The molecular formula is C20H27N3O. The molecule has 0 aliphatic heterocycles. The lowest BCUT2D eigenvalue weighted by atomic mass is 10.2. The molecule has 0 aliphatic rings. The SMILES string of the molecule is CCCN(CCC)c1ccnc(C(=O)N(CC)c2ccccc2)c1. The molecule has 0 N–H and O–H groups in total. The normalized spacial score (nSPS) is 10.5. The summed E-state index contributed by atoms with van der Waals surface area (Å²) in [6.45, 7) is 8.91. The molecule has 0 aliphatic carbocycles. The first-order valence-corrected chi connectivity index (χ1v) is 8.79. The van der Waals surface area contributed by atoms with Gasteiger partial charge in [-0.25, -0.2) is 0 Å². The van der Waals surface area contributed by atoms with Crippen LogP contribution in [0.5, 0.6) is 0 Å². The Morgan fingerprint density at radius 2 is 1.62 bits per heavy atom. The number of aromatic nitrogens is 1. The van der Waals surface area contributed by atoms with E-state index in [-0.39, 0.29) is 5.91 Å². The van der Waals surface area contributed by atoms with Crippen LogP contribution >= 0.6 is 0 Å². The zero-order valence-corrected chi connectivity index (χ0v) is 14.9.